The second-order valence-corrected chi connectivity index (χ2v) is 9.04. The van der Waals surface area contributed by atoms with Crippen molar-refractivity contribution in [2.75, 3.05) is 18.6 Å². The minimum atomic E-state index is -3.03. The number of carbonyl (C=O) groups is 1. The summed E-state index contributed by atoms with van der Waals surface area (Å²) in [5, 5.41) is 4.34. The lowest BCUT2D eigenvalue weighted by Crippen LogP contribution is -2.38. The molecule has 0 saturated carbocycles. The summed E-state index contributed by atoms with van der Waals surface area (Å²) in [6, 6.07) is 7.64. The number of amides is 1. The quantitative estimate of drug-likeness (QED) is 0.838. The second kappa shape index (κ2) is 6.29. The Morgan fingerprint density at radius 2 is 1.96 bits per heavy atom. The van der Waals surface area contributed by atoms with Crippen LogP contribution in [0, 0.1) is 13.8 Å². The van der Waals surface area contributed by atoms with E-state index in [9.17, 15) is 13.2 Å². The predicted octanol–water partition coefficient (Wildman–Crippen LogP) is 1.96. The summed E-state index contributed by atoms with van der Waals surface area (Å²) in [4.78, 5) is 14.2. The Morgan fingerprint density at radius 3 is 2.56 bits per heavy atom. The highest BCUT2D eigenvalue weighted by Gasteiger charge is 2.33. The van der Waals surface area contributed by atoms with Gasteiger partial charge in [0.15, 0.2) is 15.5 Å². The Hall–Kier alpha value is -2.15. The molecule has 1 atom stereocenters. The first-order valence-corrected chi connectivity index (χ1v) is 10.1. The summed E-state index contributed by atoms with van der Waals surface area (Å²) in [5.74, 6) is -0.0647. The zero-order valence-electron chi connectivity index (χ0n) is 15.0. The summed E-state index contributed by atoms with van der Waals surface area (Å²) in [7, 11) is 0.427. The maximum Gasteiger partial charge on any atom is 0.274 e. The topological polar surface area (TPSA) is 72.3 Å². The smallest absolute Gasteiger partial charge is 0.274 e. The summed E-state index contributed by atoms with van der Waals surface area (Å²) >= 11 is 0. The van der Waals surface area contributed by atoms with Crippen LogP contribution >= 0.6 is 0 Å². The van der Waals surface area contributed by atoms with Crippen LogP contribution in [0.4, 0.5) is 0 Å². The van der Waals surface area contributed by atoms with E-state index in [1.165, 1.54) is 16.0 Å². The molecular formula is C18H23N3O3S. The molecule has 0 radical (unpaired) electrons. The lowest BCUT2D eigenvalue weighted by molar-refractivity contribution is 0.0741. The first kappa shape index (κ1) is 17.7. The number of carbonyl (C=O) groups excluding carboxylic acids is 1. The zero-order valence-corrected chi connectivity index (χ0v) is 15.8. The molecule has 1 aromatic heterocycles. The van der Waals surface area contributed by atoms with Crippen LogP contribution in [0.25, 0.3) is 11.3 Å². The van der Waals surface area contributed by atoms with Crippen LogP contribution in [0.5, 0.6) is 0 Å². The number of benzene rings is 1. The van der Waals surface area contributed by atoms with E-state index in [0.29, 0.717) is 12.1 Å². The molecule has 1 fully saturated rings. The van der Waals surface area contributed by atoms with Crippen molar-refractivity contribution < 1.29 is 13.2 Å². The van der Waals surface area contributed by atoms with Gasteiger partial charge >= 0.3 is 0 Å². The number of aromatic nitrogens is 2. The van der Waals surface area contributed by atoms with Gasteiger partial charge in [-0.1, -0.05) is 12.1 Å². The molecule has 0 bridgehead atoms. The average molecular weight is 361 g/mol. The van der Waals surface area contributed by atoms with Crippen LogP contribution in [0.3, 0.4) is 0 Å². The van der Waals surface area contributed by atoms with Crippen LogP contribution in [-0.2, 0) is 16.9 Å². The molecule has 2 heterocycles. The van der Waals surface area contributed by atoms with Gasteiger partial charge in [0.1, 0.15) is 0 Å². The summed E-state index contributed by atoms with van der Waals surface area (Å²) < 4.78 is 25.0. The summed E-state index contributed by atoms with van der Waals surface area (Å²) in [6.45, 7) is 4.11. The molecular weight excluding hydrogens is 338 g/mol. The summed E-state index contributed by atoms with van der Waals surface area (Å²) in [6.07, 6.45) is 0.488. The van der Waals surface area contributed by atoms with Crippen LogP contribution in [0.2, 0.25) is 0 Å². The molecule has 1 saturated heterocycles. The van der Waals surface area contributed by atoms with E-state index in [4.69, 9.17) is 0 Å². The molecule has 0 N–H and O–H groups in total. The van der Waals surface area contributed by atoms with Gasteiger partial charge in [0, 0.05) is 25.7 Å². The van der Waals surface area contributed by atoms with E-state index in [0.717, 1.165) is 11.3 Å². The summed E-state index contributed by atoms with van der Waals surface area (Å²) in [5.41, 5.74) is 4.59. The monoisotopic (exact) mass is 361 g/mol. The minimum Gasteiger partial charge on any atom is -0.336 e. The van der Waals surface area contributed by atoms with Crippen molar-refractivity contribution in [1.29, 1.82) is 0 Å². The molecule has 2 aromatic rings. The van der Waals surface area contributed by atoms with Gasteiger partial charge in [-0.05, 0) is 43.5 Å². The van der Waals surface area contributed by atoms with Gasteiger partial charge in [0.25, 0.3) is 5.91 Å². The van der Waals surface area contributed by atoms with Gasteiger partial charge in [-0.15, -0.1) is 0 Å². The third kappa shape index (κ3) is 3.46. The molecule has 3 rings (SSSR count). The Morgan fingerprint density at radius 1 is 1.24 bits per heavy atom. The number of sulfone groups is 1. The van der Waals surface area contributed by atoms with Gasteiger partial charge < -0.3 is 4.90 Å². The van der Waals surface area contributed by atoms with Crippen LogP contribution in [0.15, 0.2) is 24.3 Å². The molecule has 1 unspecified atom stereocenters. The van der Waals surface area contributed by atoms with E-state index in [1.807, 2.05) is 6.07 Å². The van der Waals surface area contributed by atoms with Gasteiger partial charge in [-0.2, -0.15) is 5.10 Å². The van der Waals surface area contributed by atoms with Gasteiger partial charge in [0.2, 0.25) is 0 Å². The van der Waals surface area contributed by atoms with Crippen molar-refractivity contribution >= 4 is 15.7 Å². The SMILES string of the molecule is Cc1ccc(-c2cc(C(=O)N(C)C3CCS(=O)(=O)C3)nn2C)cc1C. The van der Waals surface area contributed by atoms with E-state index in [1.54, 1.807) is 24.8 Å². The van der Waals surface area contributed by atoms with Crippen molar-refractivity contribution in [2.24, 2.45) is 7.05 Å². The lowest BCUT2D eigenvalue weighted by Gasteiger charge is -2.22. The fraction of sp³-hybridized carbons (Fsp3) is 0.444. The van der Waals surface area contributed by atoms with Gasteiger partial charge in [-0.3, -0.25) is 9.48 Å². The van der Waals surface area contributed by atoms with Crippen molar-refractivity contribution in [2.45, 2.75) is 26.3 Å². The fourth-order valence-corrected chi connectivity index (χ4v) is 4.94. The first-order valence-electron chi connectivity index (χ1n) is 8.27. The van der Waals surface area contributed by atoms with Crippen molar-refractivity contribution in [1.82, 2.24) is 14.7 Å². The largest absolute Gasteiger partial charge is 0.336 e. The second-order valence-electron chi connectivity index (χ2n) is 6.81. The third-order valence-corrected chi connectivity index (χ3v) is 6.73. The number of hydrogen-bond acceptors (Lipinski definition) is 4. The highest BCUT2D eigenvalue weighted by Crippen LogP contribution is 2.24. The maximum atomic E-state index is 12.7. The van der Waals surface area contributed by atoms with Crippen LogP contribution in [-0.4, -0.2) is 53.6 Å². The van der Waals surface area contributed by atoms with Crippen molar-refractivity contribution in [3.8, 4) is 11.3 Å². The highest BCUT2D eigenvalue weighted by atomic mass is 32.2. The molecule has 25 heavy (non-hydrogen) atoms. The Labute approximate surface area is 148 Å². The zero-order chi connectivity index (χ0) is 18.4. The van der Waals surface area contributed by atoms with E-state index < -0.39 is 9.84 Å². The number of aryl methyl sites for hydroxylation is 3. The lowest BCUT2D eigenvalue weighted by atomic mass is 10.0. The van der Waals surface area contributed by atoms with Crippen molar-refractivity contribution in [3.05, 3.63) is 41.1 Å². The number of hydrogen-bond donors (Lipinski definition) is 0. The Balaban J connectivity index is 1.86. The third-order valence-electron chi connectivity index (χ3n) is 4.98. The normalized spacial score (nSPS) is 19.1. The number of nitrogens with zero attached hydrogens (tertiary/aromatic N) is 3. The van der Waals surface area contributed by atoms with Crippen molar-refractivity contribution in [3.63, 3.8) is 0 Å². The fourth-order valence-electron chi connectivity index (χ4n) is 3.17. The molecule has 1 aliphatic rings. The minimum absolute atomic E-state index is 0.0338. The molecule has 1 aliphatic heterocycles. The van der Waals surface area contributed by atoms with Gasteiger partial charge in [0.05, 0.1) is 17.2 Å². The molecule has 1 aromatic carbocycles. The highest BCUT2D eigenvalue weighted by molar-refractivity contribution is 7.91. The van der Waals surface area contributed by atoms with Gasteiger partial charge in [-0.25, -0.2) is 8.42 Å². The van der Waals surface area contributed by atoms with E-state index >= 15 is 0 Å². The molecule has 0 spiro atoms. The molecule has 134 valence electrons. The predicted molar refractivity (Wildman–Crippen MR) is 97.3 cm³/mol. The number of rotatable bonds is 3. The molecule has 1 amide bonds. The maximum absolute atomic E-state index is 12.7. The average Bonchev–Trinajstić information content (AvgIpc) is 3.11. The van der Waals surface area contributed by atoms with Crippen LogP contribution in [0.1, 0.15) is 28.0 Å². The Kier molecular flexibility index (Phi) is 4.45. The van der Waals surface area contributed by atoms with E-state index in [-0.39, 0.29) is 23.5 Å². The Bertz CT molecular complexity index is 931. The molecule has 7 heteroatoms. The first-order chi connectivity index (χ1) is 11.7. The molecule has 0 aliphatic carbocycles. The standard InChI is InChI=1S/C18H23N3O3S/c1-12-5-6-14(9-13(12)2)17-10-16(19-21(17)4)18(22)20(3)15-7-8-25(23,24)11-15/h5-6,9-10,15H,7-8,11H2,1-4H3. The van der Waals surface area contributed by atoms with E-state index in [2.05, 4.69) is 31.1 Å². The molecule has 6 nitrogen and oxygen atoms in total. The van der Waals surface area contributed by atoms with Crippen LogP contribution < -0.4 is 0 Å².